The van der Waals surface area contributed by atoms with Crippen molar-refractivity contribution < 1.29 is 36.5 Å². The summed E-state index contributed by atoms with van der Waals surface area (Å²) in [7, 11) is -3.83. The maximum atomic E-state index is 12.8. The molecule has 2 atom stereocenters. The topological polar surface area (TPSA) is 87.1 Å². The molecular formula is C20H22F3NO5S. The summed E-state index contributed by atoms with van der Waals surface area (Å²) < 4.78 is 69.1. The third-order valence-corrected chi connectivity index (χ3v) is 7.24. The van der Waals surface area contributed by atoms with E-state index < -0.39 is 33.1 Å². The molecule has 10 heteroatoms. The lowest BCUT2D eigenvalue weighted by molar-refractivity contribution is -0.137. The second-order valence-electron chi connectivity index (χ2n) is 7.07. The number of hydrogen-bond acceptors (Lipinski definition) is 6. The van der Waals surface area contributed by atoms with Crippen molar-refractivity contribution in [2.45, 2.75) is 35.6 Å². The predicted octanol–water partition coefficient (Wildman–Crippen LogP) is 2.44. The van der Waals surface area contributed by atoms with Crippen molar-refractivity contribution in [3.63, 3.8) is 0 Å². The minimum absolute atomic E-state index is 0.0529. The van der Waals surface area contributed by atoms with Crippen molar-refractivity contribution in [1.82, 2.24) is 4.90 Å². The molecule has 0 saturated carbocycles. The third-order valence-electron chi connectivity index (χ3n) is 5.05. The van der Waals surface area contributed by atoms with E-state index in [2.05, 4.69) is 0 Å². The van der Waals surface area contributed by atoms with Crippen molar-refractivity contribution in [2.75, 3.05) is 19.7 Å². The van der Waals surface area contributed by atoms with Crippen LogP contribution in [-0.4, -0.2) is 54.7 Å². The summed E-state index contributed by atoms with van der Waals surface area (Å²) in [5, 5.41) is 18.5. The number of ether oxygens (including phenoxy) is 1. The van der Waals surface area contributed by atoms with Crippen molar-refractivity contribution in [3.05, 3.63) is 59.7 Å². The molecule has 1 aliphatic heterocycles. The fourth-order valence-corrected chi connectivity index (χ4v) is 4.98. The highest BCUT2D eigenvalue weighted by Crippen LogP contribution is 2.31. The summed E-state index contributed by atoms with van der Waals surface area (Å²) in [5.41, 5.74) is -0.187. The van der Waals surface area contributed by atoms with Gasteiger partial charge in [0, 0.05) is 13.1 Å². The maximum absolute atomic E-state index is 12.8. The molecule has 6 nitrogen and oxygen atoms in total. The molecule has 0 radical (unpaired) electrons. The largest absolute Gasteiger partial charge is 0.489 e. The van der Waals surface area contributed by atoms with E-state index >= 15 is 0 Å². The molecule has 0 spiro atoms. The Morgan fingerprint density at radius 3 is 2.30 bits per heavy atom. The van der Waals surface area contributed by atoms with Gasteiger partial charge in [-0.25, -0.2) is 8.42 Å². The lowest BCUT2D eigenvalue weighted by Gasteiger charge is -2.23. The van der Waals surface area contributed by atoms with E-state index in [4.69, 9.17) is 9.84 Å². The Morgan fingerprint density at radius 2 is 1.73 bits per heavy atom. The van der Waals surface area contributed by atoms with Gasteiger partial charge in [-0.15, -0.1) is 0 Å². The van der Waals surface area contributed by atoms with Crippen LogP contribution in [0.1, 0.15) is 17.5 Å². The van der Waals surface area contributed by atoms with Crippen LogP contribution in [0.5, 0.6) is 5.75 Å². The number of aliphatic hydroxyl groups excluding tert-OH is 2. The van der Waals surface area contributed by atoms with E-state index in [1.165, 1.54) is 0 Å². The predicted molar refractivity (Wildman–Crippen MR) is 102 cm³/mol. The highest BCUT2D eigenvalue weighted by molar-refractivity contribution is 7.92. The molecule has 30 heavy (non-hydrogen) atoms. The standard InChI is InChI=1S/C20H22F3NO5S/c21-20(22,23)15-3-7-17(8-4-15)30(27,28)18-9-10-24(11-18)19(26)13-29-16-5-1-14(12-25)2-6-16/h1-8,18-19,25-26H,9-13H2. The summed E-state index contributed by atoms with van der Waals surface area (Å²) in [5.74, 6) is 0.499. The van der Waals surface area contributed by atoms with Crippen LogP contribution in [0.4, 0.5) is 13.2 Å². The molecule has 0 aliphatic carbocycles. The fraction of sp³-hybridized carbons (Fsp3) is 0.400. The smallest absolute Gasteiger partial charge is 0.416 e. The van der Waals surface area contributed by atoms with Gasteiger partial charge in [-0.05, 0) is 48.4 Å². The van der Waals surface area contributed by atoms with E-state index in [0.29, 0.717) is 12.3 Å². The molecule has 164 valence electrons. The molecule has 1 fully saturated rings. The second-order valence-corrected chi connectivity index (χ2v) is 9.29. The molecule has 1 heterocycles. The molecule has 2 aromatic rings. The summed E-state index contributed by atoms with van der Waals surface area (Å²) in [6, 6.07) is 10.1. The van der Waals surface area contributed by atoms with Crippen molar-refractivity contribution in [3.8, 4) is 5.75 Å². The van der Waals surface area contributed by atoms with E-state index in [9.17, 15) is 26.7 Å². The van der Waals surface area contributed by atoms with E-state index in [0.717, 1.165) is 29.8 Å². The van der Waals surface area contributed by atoms with Gasteiger partial charge in [0.15, 0.2) is 9.84 Å². The van der Waals surface area contributed by atoms with Gasteiger partial charge in [-0.2, -0.15) is 13.2 Å². The molecule has 0 bridgehead atoms. The number of nitrogens with zero attached hydrogens (tertiary/aromatic N) is 1. The number of likely N-dealkylation sites (tertiary alicyclic amines) is 1. The quantitative estimate of drug-likeness (QED) is 0.681. The molecule has 2 unspecified atom stereocenters. The minimum Gasteiger partial charge on any atom is -0.489 e. The van der Waals surface area contributed by atoms with Gasteiger partial charge in [0.2, 0.25) is 0 Å². The van der Waals surface area contributed by atoms with Gasteiger partial charge in [0.25, 0.3) is 0 Å². The van der Waals surface area contributed by atoms with Crippen LogP contribution in [0.2, 0.25) is 0 Å². The van der Waals surface area contributed by atoms with Gasteiger partial charge in [-0.3, -0.25) is 4.90 Å². The van der Waals surface area contributed by atoms with Crippen LogP contribution in [0.15, 0.2) is 53.4 Å². The van der Waals surface area contributed by atoms with Crippen LogP contribution < -0.4 is 4.74 Å². The van der Waals surface area contributed by atoms with Gasteiger partial charge < -0.3 is 14.9 Å². The van der Waals surface area contributed by atoms with Gasteiger partial charge in [0.05, 0.1) is 22.3 Å². The maximum Gasteiger partial charge on any atom is 0.416 e. The number of alkyl halides is 3. The second kappa shape index (κ2) is 8.93. The summed E-state index contributed by atoms with van der Waals surface area (Å²) in [6.07, 6.45) is -5.31. The Bertz CT molecular complexity index is 946. The Morgan fingerprint density at radius 1 is 1.10 bits per heavy atom. The number of rotatable bonds is 7. The third kappa shape index (κ3) is 5.12. The fourth-order valence-electron chi connectivity index (χ4n) is 3.27. The number of halogens is 3. The molecule has 2 N–H and O–H groups in total. The van der Waals surface area contributed by atoms with Crippen molar-refractivity contribution in [2.24, 2.45) is 0 Å². The highest BCUT2D eigenvalue weighted by Gasteiger charge is 2.37. The van der Waals surface area contributed by atoms with E-state index in [1.807, 2.05) is 0 Å². The van der Waals surface area contributed by atoms with Gasteiger partial charge in [-0.1, -0.05) is 12.1 Å². The summed E-state index contributed by atoms with van der Waals surface area (Å²) in [6.45, 7) is 0.201. The van der Waals surface area contributed by atoms with E-state index in [-0.39, 0.29) is 31.1 Å². The molecule has 3 rings (SSSR count). The number of sulfone groups is 1. The number of benzene rings is 2. The van der Waals surface area contributed by atoms with Crippen LogP contribution in [0.25, 0.3) is 0 Å². The van der Waals surface area contributed by atoms with Crippen molar-refractivity contribution in [1.29, 1.82) is 0 Å². The lowest BCUT2D eigenvalue weighted by Crippen LogP contribution is -2.39. The molecule has 2 aromatic carbocycles. The first-order valence-corrected chi connectivity index (χ1v) is 10.8. The first-order valence-electron chi connectivity index (χ1n) is 9.27. The van der Waals surface area contributed by atoms with Gasteiger partial charge >= 0.3 is 6.18 Å². The first-order chi connectivity index (χ1) is 14.1. The Kier molecular flexibility index (Phi) is 6.71. The summed E-state index contributed by atoms with van der Waals surface area (Å²) in [4.78, 5) is 1.39. The molecule has 0 amide bonds. The zero-order valence-corrected chi connectivity index (χ0v) is 16.7. The molecule has 1 aliphatic rings. The Labute approximate surface area is 172 Å². The molecule has 0 aromatic heterocycles. The monoisotopic (exact) mass is 445 g/mol. The highest BCUT2D eigenvalue weighted by atomic mass is 32.2. The van der Waals surface area contributed by atoms with Crippen LogP contribution in [-0.2, 0) is 22.6 Å². The molecular weight excluding hydrogens is 423 g/mol. The zero-order valence-electron chi connectivity index (χ0n) is 15.9. The minimum atomic E-state index is -4.53. The lowest BCUT2D eigenvalue weighted by atomic mass is 10.2. The average molecular weight is 445 g/mol. The number of aliphatic hydroxyl groups is 2. The summed E-state index contributed by atoms with van der Waals surface area (Å²) >= 11 is 0. The molecule has 1 saturated heterocycles. The van der Waals surface area contributed by atoms with Crippen molar-refractivity contribution >= 4 is 9.84 Å². The van der Waals surface area contributed by atoms with Crippen LogP contribution >= 0.6 is 0 Å². The normalized spacial score (nSPS) is 19.0. The number of hydrogen-bond donors (Lipinski definition) is 2. The van der Waals surface area contributed by atoms with Crippen LogP contribution in [0, 0.1) is 0 Å². The van der Waals surface area contributed by atoms with E-state index in [1.54, 1.807) is 29.2 Å². The van der Waals surface area contributed by atoms with Crippen LogP contribution in [0.3, 0.4) is 0 Å². The zero-order chi connectivity index (χ0) is 21.9. The van der Waals surface area contributed by atoms with Gasteiger partial charge in [0.1, 0.15) is 18.6 Å². The average Bonchev–Trinajstić information content (AvgIpc) is 3.23. The Hall–Kier alpha value is -2.14. The first kappa shape index (κ1) is 22.5. The SMILES string of the molecule is O=S(=O)(c1ccc(C(F)(F)F)cc1)C1CCN(C(O)COc2ccc(CO)cc2)C1. The Balaban J connectivity index is 1.59.